The number of benzene rings is 2. The van der Waals surface area contributed by atoms with Gasteiger partial charge in [-0.15, -0.1) is 0 Å². The molecule has 4 rings (SSSR count). The van der Waals surface area contributed by atoms with Crippen LogP contribution in [-0.4, -0.2) is 23.3 Å². The van der Waals surface area contributed by atoms with Gasteiger partial charge in [-0.25, -0.2) is 4.98 Å². The molecule has 3 aromatic rings. The molecule has 0 saturated carbocycles. The maximum absolute atomic E-state index is 13.0. The number of hydrogen-bond acceptors (Lipinski definition) is 4. The Balaban J connectivity index is 1.47. The lowest BCUT2D eigenvalue weighted by Crippen LogP contribution is -2.28. The molecule has 2 heterocycles. The van der Waals surface area contributed by atoms with Gasteiger partial charge in [-0.1, -0.05) is 12.1 Å². The summed E-state index contributed by atoms with van der Waals surface area (Å²) in [4.78, 5) is 30.7. The number of nitrogens with zero attached hydrogens (tertiary/aromatic N) is 2. The molecule has 2 aromatic carbocycles. The van der Waals surface area contributed by atoms with Gasteiger partial charge >= 0.3 is 6.18 Å². The van der Waals surface area contributed by atoms with Crippen LogP contribution in [0.1, 0.15) is 23.4 Å². The predicted molar refractivity (Wildman–Crippen MR) is 112 cm³/mol. The van der Waals surface area contributed by atoms with Gasteiger partial charge in [0.1, 0.15) is 5.76 Å². The van der Waals surface area contributed by atoms with Crippen LogP contribution in [0.2, 0.25) is 0 Å². The number of carbonyl (C=O) groups excluding carboxylic acids is 2. The van der Waals surface area contributed by atoms with Gasteiger partial charge in [-0.2, -0.15) is 13.2 Å². The molecule has 2 amide bonds. The van der Waals surface area contributed by atoms with E-state index in [1.807, 2.05) is 13.8 Å². The number of aryl methyl sites for hydroxylation is 2. The average molecular weight is 443 g/mol. The van der Waals surface area contributed by atoms with Gasteiger partial charge in [-0.3, -0.25) is 9.59 Å². The van der Waals surface area contributed by atoms with Gasteiger partial charge in [0.15, 0.2) is 0 Å². The third kappa shape index (κ3) is 4.37. The number of amides is 2. The Morgan fingerprint density at radius 3 is 2.59 bits per heavy atom. The Morgan fingerprint density at radius 2 is 1.91 bits per heavy atom. The molecular weight excluding hydrogens is 423 g/mol. The first kappa shape index (κ1) is 21.6. The van der Waals surface area contributed by atoms with E-state index < -0.39 is 23.6 Å². The number of halogens is 3. The van der Waals surface area contributed by atoms with E-state index >= 15 is 0 Å². The van der Waals surface area contributed by atoms with E-state index in [0.29, 0.717) is 22.9 Å². The van der Waals surface area contributed by atoms with E-state index in [1.54, 1.807) is 24.3 Å². The van der Waals surface area contributed by atoms with Crippen LogP contribution in [0.15, 0.2) is 52.9 Å². The summed E-state index contributed by atoms with van der Waals surface area (Å²) in [6, 6.07) is 11.5. The van der Waals surface area contributed by atoms with E-state index in [-0.39, 0.29) is 24.6 Å². The normalized spacial score (nSPS) is 16.5. The summed E-state index contributed by atoms with van der Waals surface area (Å²) in [7, 11) is 0. The molecule has 1 atom stereocenters. The van der Waals surface area contributed by atoms with Crippen LogP contribution in [0, 0.1) is 19.8 Å². The molecule has 1 aromatic heterocycles. The highest BCUT2D eigenvalue weighted by Gasteiger charge is 2.37. The summed E-state index contributed by atoms with van der Waals surface area (Å²) < 4.78 is 44.6. The minimum absolute atomic E-state index is 0.00377. The third-order valence-corrected chi connectivity index (χ3v) is 5.39. The summed E-state index contributed by atoms with van der Waals surface area (Å²) in [6.07, 6.45) is -4.60. The van der Waals surface area contributed by atoms with Crippen LogP contribution in [0.25, 0.3) is 11.5 Å². The number of carbonyl (C=O) groups is 2. The lowest BCUT2D eigenvalue weighted by Gasteiger charge is -2.18. The zero-order valence-corrected chi connectivity index (χ0v) is 17.4. The first-order valence-corrected chi connectivity index (χ1v) is 9.95. The Kier molecular flexibility index (Phi) is 5.50. The Morgan fingerprint density at radius 1 is 1.16 bits per heavy atom. The molecule has 0 aliphatic carbocycles. The highest BCUT2D eigenvalue weighted by atomic mass is 19.4. The second-order valence-corrected chi connectivity index (χ2v) is 7.68. The predicted octanol–water partition coefficient (Wildman–Crippen LogP) is 4.97. The van der Waals surface area contributed by atoms with Gasteiger partial charge in [0.05, 0.1) is 17.2 Å². The van der Waals surface area contributed by atoms with Crippen LogP contribution in [0.4, 0.5) is 24.5 Å². The Bertz CT molecular complexity index is 1170. The quantitative estimate of drug-likeness (QED) is 0.618. The first-order valence-electron chi connectivity index (χ1n) is 9.95. The molecule has 32 heavy (non-hydrogen) atoms. The highest BCUT2D eigenvalue weighted by molar-refractivity contribution is 6.03. The van der Waals surface area contributed by atoms with Gasteiger partial charge < -0.3 is 14.6 Å². The van der Waals surface area contributed by atoms with Gasteiger partial charge in [0.2, 0.25) is 17.7 Å². The van der Waals surface area contributed by atoms with E-state index in [0.717, 1.165) is 17.8 Å². The molecule has 0 bridgehead atoms. The lowest BCUT2D eigenvalue weighted by atomic mass is 10.1. The molecule has 9 heteroatoms. The Hall–Kier alpha value is -3.62. The zero-order valence-electron chi connectivity index (χ0n) is 17.4. The number of oxazole rings is 1. The zero-order chi connectivity index (χ0) is 23.0. The molecule has 1 saturated heterocycles. The van der Waals surface area contributed by atoms with Crippen LogP contribution in [0.5, 0.6) is 0 Å². The molecule has 1 aliphatic heterocycles. The van der Waals surface area contributed by atoms with Crippen molar-refractivity contribution >= 4 is 23.2 Å². The van der Waals surface area contributed by atoms with Crippen molar-refractivity contribution in [1.82, 2.24) is 4.98 Å². The van der Waals surface area contributed by atoms with E-state index in [4.69, 9.17) is 4.42 Å². The number of hydrogen-bond donors (Lipinski definition) is 1. The van der Waals surface area contributed by atoms with Crippen LogP contribution in [-0.2, 0) is 15.8 Å². The second kappa shape index (κ2) is 8.14. The van der Waals surface area contributed by atoms with Crippen LogP contribution >= 0.6 is 0 Å². The summed E-state index contributed by atoms with van der Waals surface area (Å²) >= 11 is 0. The lowest BCUT2D eigenvalue weighted by molar-refractivity contribution is -0.137. The van der Waals surface area contributed by atoms with E-state index in [9.17, 15) is 22.8 Å². The summed E-state index contributed by atoms with van der Waals surface area (Å²) in [5, 5.41) is 2.78. The number of aromatic nitrogens is 1. The van der Waals surface area contributed by atoms with Crippen molar-refractivity contribution < 1.29 is 27.2 Å². The fraction of sp³-hybridized carbons (Fsp3) is 0.261. The molecule has 1 N–H and O–H groups in total. The molecule has 166 valence electrons. The third-order valence-electron chi connectivity index (χ3n) is 5.39. The minimum atomic E-state index is -4.51. The number of alkyl halides is 3. The first-order chi connectivity index (χ1) is 15.1. The SMILES string of the molecule is Cc1nc(-c2cccc(NC(=O)C3CC(=O)N(c4cccc(C(F)(F)F)c4)C3)c2)oc1C. The smallest absolute Gasteiger partial charge is 0.416 e. The van der Waals surface area contributed by atoms with E-state index in [1.165, 1.54) is 17.0 Å². The number of anilines is 2. The van der Waals surface area contributed by atoms with Gasteiger partial charge in [-0.05, 0) is 50.2 Å². The topological polar surface area (TPSA) is 75.4 Å². The van der Waals surface area contributed by atoms with Crippen molar-refractivity contribution in [2.24, 2.45) is 5.92 Å². The minimum Gasteiger partial charge on any atom is -0.441 e. The highest BCUT2D eigenvalue weighted by Crippen LogP contribution is 2.34. The maximum Gasteiger partial charge on any atom is 0.416 e. The van der Waals surface area contributed by atoms with Crippen molar-refractivity contribution in [2.45, 2.75) is 26.4 Å². The molecule has 1 aliphatic rings. The Labute approximate surface area is 182 Å². The number of rotatable bonds is 4. The van der Waals surface area contributed by atoms with Crippen molar-refractivity contribution in [1.29, 1.82) is 0 Å². The molecule has 6 nitrogen and oxygen atoms in total. The molecule has 0 radical (unpaired) electrons. The van der Waals surface area contributed by atoms with Crippen molar-refractivity contribution in [2.75, 3.05) is 16.8 Å². The largest absolute Gasteiger partial charge is 0.441 e. The molecular formula is C23H20F3N3O3. The summed E-state index contributed by atoms with van der Waals surface area (Å²) in [6.45, 7) is 3.65. The van der Waals surface area contributed by atoms with Crippen molar-refractivity contribution in [3.05, 3.63) is 65.5 Å². The average Bonchev–Trinajstić information content (AvgIpc) is 3.30. The van der Waals surface area contributed by atoms with Crippen LogP contribution < -0.4 is 10.2 Å². The monoisotopic (exact) mass is 443 g/mol. The van der Waals surface area contributed by atoms with Crippen LogP contribution in [0.3, 0.4) is 0 Å². The fourth-order valence-corrected chi connectivity index (χ4v) is 3.55. The number of nitrogens with one attached hydrogen (secondary N) is 1. The van der Waals surface area contributed by atoms with Gasteiger partial charge in [0.25, 0.3) is 0 Å². The second-order valence-electron chi connectivity index (χ2n) is 7.68. The fourth-order valence-electron chi connectivity index (χ4n) is 3.55. The maximum atomic E-state index is 13.0. The summed E-state index contributed by atoms with van der Waals surface area (Å²) in [5.41, 5.74) is 1.24. The van der Waals surface area contributed by atoms with E-state index in [2.05, 4.69) is 10.3 Å². The van der Waals surface area contributed by atoms with Crippen molar-refractivity contribution in [3.63, 3.8) is 0 Å². The van der Waals surface area contributed by atoms with Gasteiger partial charge in [0, 0.05) is 29.9 Å². The standard InChI is InChI=1S/C23H20F3N3O3/c1-13-14(2)32-22(27-13)15-5-3-7-18(9-15)28-21(31)16-10-20(30)29(12-16)19-8-4-6-17(11-19)23(24,25)26/h3-9,11,16H,10,12H2,1-2H3,(H,28,31). The molecule has 0 spiro atoms. The van der Waals surface area contributed by atoms with Crippen molar-refractivity contribution in [3.8, 4) is 11.5 Å². The molecule has 1 fully saturated rings. The summed E-state index contributed by atoms with van der Waals surface area (Å²) in [5.74, 6) is -0.336. The molecule has 1 unspecified atom stereocenters.